The molecule has 0 spiro atoms. The molecule has 1 aromatic rings. The Morgan fingerprint density at radius 1 is 1.48 bits per heavy atom. The lowest BCUT2D eigenvalue weighted by atomic mass is 10.2. The summed E-state index contributed by atoms with van der Waals surface area (Å²) in [5.41, 5.74) is 0.774. The van der Waals surface area contributed by atoms with Crippen molar-refractivity contribution in [2.24, 2.45) is 0 Å². The van der Waals surface area contributed by atoms with Gasteiger partial charge in [0.05, 0.1) is 18.0 Å². The zero-order chi connectivity index (χ0) is 15.2. The second-order valence-corrected chi connectivity index (χ2v) is 5.53. The number of ketones is 1. The fourth-order valence-corrected chi connectivity index (χ4v) is 2.56. The van der Waals surface area contributed by atoms with Crippen LogP contribution in [0.5, 0.6) is 0 Å². The maximum absolute atomic E-state index is 12.1. The van der Waals surface area contributed by atoms with Gasteiger partial charge in [0.25, 0.3) is 5.56 Å². The van der Waals surface area contributed by atoms with E-state index < -0.39 is 0 Å². The minimum atomic E-state index is -0.0869. The number of Topliss-reactive ketones (excluding diaryl/α,β-unsaturated/α-hetero) is 1. The van der Waals surface area contributed by atoms with Gasteiger partial charge in [-0.1, -0.05) is 0 Å². The summed E-state index contributed by atoms with van der Waals surface area (Å²) in [6.07, 6.45) is 5.11. The lowest BCUT2D eigenvalue weighted by molar-refractivity contribution is -0.117. The normalized spacial score (nSPS) is 18.2. The van der Waals surface area contributed by atoms with Gasteiger partial charge >= 0.3 is 0 Å². The molecule has 6 nitrogen and oxygen atoms in total. The van der Waals surface area contributed by atoms with Crippen LogP contribution >= 0.6 is 0 Å². The smallest absolute Gasteiger partial charge is 0.268 e. The summed E-state index contributed by atoms with van der Waals surface area (Å²) in [6, 6.07) is 1.63. The number of nitrogens with zero attached hydrogens (tertiary/aromatic N) is 3. The Hall–Kier alpha value is -1.69. The average molecular weight is 293 g/mol. The first kappa shape index (κ1) is 15.7. The third-order valence-corrected chi connectivity index (χ3v) is 3.85. The highest BCUT2D eigenvalue weighted by molar-refractivity contribution is 5.75. The van der Waals surface area contributed by atoms with Crippen molar-refractivity contribution in [1.29, 1.82) is 0 Å². The largest absolute Gasteiger partial charge is 0.380 e. The summed E-state index contributed by atoms with van der Waals surface area (Å²) in [4.78, 5) is 25.0. The molecule has 1 aromatic heterocycles. The molecular weight excluding hydrogens is 270 g/mol. The number of carbonyl (C=O) groups is 1. The SMILES string of the molecule is COC1CCN(c2cnn(CCCCC(C)=O)c(=O)c2)C1. The number of hydrogen-bond acceptors (Lipinski definition) is 5. The summed E-state index contributed by atoms with van der Waals surface area (Å²) >= 11 is 0. The highest BCUT2D eigenvalue weighted by Gasteiger charge is 2.22. The van der Waals surface area contributed by atoms with Crippen LogP contribution in [0.4, 0.5) is 5.69 Å². The number of carbonyl (C=O) groups excluding carboxylic acids is 1. The molecule has 21 heavy (non-hydrogen) atoms. The van der Waals surface area contributed by atoms with E-state index in [9.17, 15) is 9.59 Å². The van der Waals surface area contributed by atoms with Crippen LogP contribution in [0, 0.1) is 0 Å². The Morgan fingerprint density at radius 3 is 2.90 bits per heavy atom. The van der Waals surface area contributed by atoms with Gasteiger partial charge in [-0.25, -0.2) is 4.68 Å². The third-order valence-electron chi connectivity index (χ3n) is 3.85. The van der Waals surface area contributed by atoms with E-state index >= 15 is 0 Å². The molecule has 1 aliphatic heterocycles. The first-order valence-electron chi connectivity index (χ1n) is 7.44. The molecule has 0 saturated carbocycles. The van der Waals surface area contributed by atoms with Crippen molar-refractivity contribution in [1.82, 2.24) is 9.78 Å². The minimum absolute atomic E-state index is 0.0869. The van der Waals surface area contributed by atoms with E-state index in [1.54, 1.807) is 26.3 Å². The number of rotatable bonds is 7. The molecule has 1 unspecified atom stereocenters. The number of unbranched alkanes of at least 4 members (excludes halogenated alkanes) is 1. The lowest BCUT2D eigenvalue weighted by Gasteiger charge is -2.18. The van der Waals surface area contributed by atoms with Gasteiger partial charge in [0.2, 0.25) is 0 Å². The minimum Gasteiger partial charge on any atom is -0.380 e. The quantitative estimate of drug-likeness (QED) is 0.707. The van der Waals surface area contributed by atoms with Gasteiger partial charge < -0.3 is 14.4 Å². The van der Waals surface area contributed by atoms with Crippen LogP contribution in [0.3, 0.4) is 0 Å². The molecular formula is C15H23N3O3. The molecule has 1 saturated heterocycles. The van der Waals surface area contributed by atoms with Crippen LogP contribution in [-0.4, -0.2) is 41.9 Å². The van der Waals surface area contributed by atoms with Gasteiger partial charge in [0.1, 0.15) is 5.78 Å². The highest BCUT2D eigenvalue weighted by atomic mass is 16.5. The zero-order valence-corrected chi connectivity index (χ0v) is 12.7. The summed E-state index contributed by atoms with van der Waals surface area (Å²) in [5, 5.41) is 4.23. The van der Waals surface area contributed by atoms with Crippen LogP contribution in [0.25, 0.3) is 0 Å². The fourth-order valence-electron chi connectivity index (χ4n) is 2.56. The molecule has 0 amide bonds. The molecule has 0 bridgehead atoms. The maximum atomic E-state index is 12.1. The molecule has 1 aliphatic rings. The Bertz CT molecular complexity index is 541. The van der Waals surface area contributed by atoms with Crippen LogP contribution in [0.1, 0.15) is 32.6 Å². The molecule has 0 N–H and O–H groups in total. The van der Waals surface area contributed by atoms with Crippen molar-refractivity contribution in [2.75, 3.05) is 25.1 Å². The van der Waals surface area contributed by atoms with E-state index in [1.165, 1.54) is 4.68 Å². The first-order valence-corrected chi connectivity index (χ1v) is 7.44. The average Bonchev–Trinajstić information content (AvgIpc) is 2.93. The van der Waals surface area contributed by atoms with E-state index in [0.717, 1.165) is 38.0 Å². The van der Waals surface area contributed by atoms with Crippen molar-refractivity contribution < 1.29 is 9.53 Å². The van der Waals surface area contributed by atoms with E-state index in [-0.39, 0.29) is 17.4 Å². The van der Waals surface area contributed by atoms with Gasteiger partial charge in [-0.2, -0.15) is 5.10 Å². The highest BCUT2D eigenvalue weighted by Crippen LogP contribution is 2.19. The molecule has 116 valence electrons. The second kappa shape index (κ2) is 7.36. The van der Waals surface area contributed by atoms with E-state index in [1.807, 2.05) is 0 Å². The first-order chi connectivity index (χ1) is 10.1. The van der Waals surface area contributed by atoms with Gasteiger partial charge in [-0.3, -0.25) is 4.79 Å². The van der Waals surface area contributed by atoms with Crippen LogP contribution in [0.15, 0.2) is 17.1 Å². The summed E-state index contributed by atoms with van der Waals surface area (Å²) in [5.74, 6) is 0.187. The van der Waals surface area contributed by atoms with Crippen molar-refractivity contribution in [3.63, 3.8) is 0 Å². The topological polar surface area (TPSA) is 64.4 Å². The van der Waals surface area contributed by atoms with E-state index in [2.05, 4.69) is 10.00 Å². The Balaban J connectivity index is 1.92. The van der Waals surface area contributed by atoms with Crippen LogP contribution in [-0.2, 0) is 16.1 Å². The maximum Gasteiger partial charge on any atom is 0.268 e. The summed E-state index contributed by atoms with van der Waals surface area (Å²) < 4.78 is 6.79. The molecule has 2 heterocycles. The summed E-state index contributed by atoms with van der Waals surface area (Å²) in [7, 11) is 1.71. The number of hydrogen-bond donors (Lipinski definition) is 0. The number of methoxy groups -OCH3 is 1. The molecule has 6 heteroatoms. The molecule has 0 radical (unpaired) electrons. The van der Waals surface area contributed by atoms with Gasteiger partial charge in [0.15, 0.2) is 0 Å². The van der Waals surface area contributed by atoms with Crippen molar-refractivity contribution in [3.05, 3.63) is 22.6 Å². The predicted octanol–water partition coefficient (Wildman–Crippen LogP) is 1.23. The number of ether oxygens (including phenoxy) is 1. The number of anilines is 1. The zero-order valence-electron chi connectivity index (χ0n) is 12.7. The second-order valence-electron chi connectivity index (χ2n) is 5.53. The van der Waals surface area contributed by atoms with Gasteiger partial charge in [0, 0.05) is 39.2 Å². The van der Waals surface area contributed by atoms with Crippen LogP contribution < -0.4 is 10.5 Å². The van der Waals surface area contributed by atoms with Crippen molar-refractivity contribution in [2.45, 2.75) is 45.3 Å². The van der Waals surface area contributed by atoms with Crippen molar-refractivity contribution >= 4 is 11.5 Å². The molecule has 0 aliphatic carbocycles. The Labute approximate surface area is 124 Å². The lowest BCUT2D eigenvalue weighted by Crippen LogP contribution is -2.27. The Kier molecular flexibility index (Phi) is 5.50. The van der Waals surface area contributed by atoms with Crippen molar-refractivity contribution in [3.8, 4) is 0 Å². The van der Waals surface area contributed by atoms with E-state index in [0.29, 0.717) is 13.0 Å². The molecule has 0 aromatic carbocycles. The predicted molar refractivity (Wildman–Crippen MR) is 80.7 cm³/mol. The number of aromatic nitrogens is 2. The monoisotopic (exact) mass is 293 g/mol. The standard InChI is InChI=1S/C15H23N3O3/c1-12(19)5-3-4-7-18-15(20)9-13(10-16-18)17-8-6-14(11-17)21-2/h9-10,14H,3-8,11H2,1-2H3. The molecule has 1 atom stereocenters. The number of aryl methyl sites for hydroxylation is 1. The van der Waals surface area contributed by atoms with Crippen LogP contribution in [0.2, 0.25) is 0 Å². The van der Waals surface area contributed by atoms with E-state index in [4.69, 9.17) is 4.74 Å². The molecule has 2 rings (SSSR count). The summed E-state index contributed by atoms with van der Waals surface area (Å²) in [6.45, 7) is 3.85. The molecule has 1 fully saturated rings. The third kappa shape index (κ3) is 4.39. The fraction of sp³-hybridized carbons (Fsp3) is 0.667. The van der Waals surface area contributed by atoms with Gasteiger partial charge in [-0.15, -0.1) is 0 Å². The Morgan fingerprint density at radius 2 is 2.29 bits per heavy atom. The van der Waals surface area contributed by atoms with Gasteiger partial charge in [-0.05, 0) is 26.2 Å².